The molecule has 0 amide bonds. The van der Waals surface area contributed by atoms with Gasteiger partial charge in [0.05, 0.1) is 0 Å². The maximum absolute atomic E-state index is 10.7. The quantitative estimate of drug-likeness (QED) is 0.393. The average Bonchev–Trinajstić information content (AvgIpc) is 1.36. The maximum atomic E-state index is 10.7. The van der Waals surface area contributed by atoms with E-state index in [9.17, 15) is 13.2 Å². The second-order valence-corrected chi connectivity index (χ2v) is 0.608. The molecule has 0 atom stereocenters. The van der Waals surface area contributed by atoms with Gasteiger partial charge in [-0.3, -0.25) is 0 Å². The van der Waals surface area contributed by atoms with Crippen molar-refractivity contribution in [3.05, 3.63) is 11.8 Å². The van der Waals surface area contributed by atoms with E-state index >= 15 is 0 Å². The Morgan fingerprint density at radius 2 is 1.33 bits per heavy atom. The molecule has 0 bridgehead atoms. The van der Waals surface area contributed by atoms with E-state index in [-0.39, 0.29) is 0 Å². The van der Waals surface area contributed by atoms with Gasteiger partial charge in [-0.25, -0.2) is 4.39 Å². The fourth-order valence-electron chi connectivity index (χ4n) is 0. The summed E-state index contributed by atoms with van der Waals surface area (Å²) >= 11 is 0. The van der Waals surface area contributed by atoms with Gasteiger partial charge in [-0.1, -0.05) is 0 Å². The zero-order valence-electron chi connectivity index (χ0n) is 2.71. The third kappa shape index (κ3) is 1.87. The molecule has 0 aliphatic heterocycles. The number of halogens is 3. The Balaban J connectivity index is 3.68. The van der Waals surface area contributed by atoms with Gasteiger partial charge in [-0.2, -0.15) is 8.78 Å². The lowest BCUT2D eigenvalue weighted by molar-refractivity contribution is 0.393. The minimum absolute atomic E-state index is 1.91. The molecule has 6 heavy (non-hydrogen) atoms. The highest BCUT2D eigenvalue weighted by Crippen LogP contribution is 2.02. The van der Waals surface area contributed by atoms with Crippen LogP contribution in [0.25, 0.3) is 0 Å². The molecule has 0 nitrogen and oxygen atoms in total. The van der Waals surface area contributed by atoms with Crippen molar-refractivity contribution in [3.8, 4) is 0 Å². The molecule has 0 N–H and O–H groups in total. The highest BCUT2D eigenvalue weighted by molar-refractivity contribution is 6.20. The van der Waals surface area contributed by atoms with Crippen molar-refractivity contribution in [3.63, 3.8) is 0 Å². The summed E-state index contributed by atoms with van der Waals surface area (Å²) in [5.74, 6) is 0. The van der Waals surface area contributed by atoms with Crippen LogP contribution in [0.1, 0.15) is 0 Å². The Morgan fingerprint density at radius 1 is 1.17 bits per heavy atom. The van der Waals surface area contributed by atoms with Gasteiger partial charge < -0.3 is 0 Å². The molecule has 0 unspecified atom stereocenters. The maximum Gasteiger partial charge on any atom is 0.290 e. The van der Waals surface area contributed by atoms with Crippen LogP contribution in [0.5, 0.6) is 0 Å². The molecule has 0 saturated heterocycles. The Bertz CT molecular complexity index is 58.9. The van der Waals surface area contributed by atoms with Crippen molar-refractivity contribution in [2.45, 2.75) is 0 Å². The molecular weight excluding hydrogens is 91.8 g/mol. The van der Waals surface area contributed by atoms with Crippen LogP contribution in [0.3, 0.4) is 0 Å². The van der Waals surface area contributed by atoms with Crippen molar-refractivity contribution in [1.82, 2.24) is 0 Å². The second-order valence-electron chi connectivity index (χ2n) is 0.608. The third-order valence-corrected chi connectivity index (χ3v) is 0.181. The first-order chi connectivity index (χ1) is 2.64. The molecule has 0 heterocycles. The van der Waals surface area contributed by atoms with E-state index in [1.54, 1.807) is 0 Å². The molecule has 0 aliphatic rings. The summed E-state index contributed by atoms with van der Waals surface area (Å²) in [5.41, 5.74) is -1.91. The highest BCUT2D eigenvalue weighted by Gasteiger charge is 1.91. The van der Waals surface area contributed by atoms with Gasteiger partial charge in [-0.15, -0.1) is 0 Å². The molecule has 0 aliphatic carbocycles. The van der Waals surface area contributed by atoms with Crippen molar-refractivity contribution in [1.29, 1.82) is 0 Å². The SMILES string of the molecule is [B]C(F)=C(F)F. The fourth-order valence-corrected chi connectivity index (χ4v) is 0. The number of rotatable bonds is 0. The summed E-state index contributed by atoms with van der Waals surface area (Å²) in [7, 11) is 3.90. The van der Waals surface area contributed by atoms with Gasteiger partial charge in [0, 0.05) is 0 Å². The lowest BCUT2D eigenvalue weighted by Crippen LogP contribution is -1.67. The second kappa shape index (κ2) is 1.90. The molecule has 0 aromatic heterocycles. The van der Waals surface area contributed by atoms with E-state index in [0.29, 0.717) is 0 Å². The van der Waals surface area contributed by atoms with Crippen molar-refractivity contribution in [2.75, 3.05) is 0 Å². The summed E-state index contributed by atoms with van der Waals surface area (Å²) in [4.78, 5) is 0. The first-order valence-corrected chi connectivity index (χ1v) is 1.11. The number of hydrogen-bond donors (Lipinski definition) is 0. The van der Waals surface area contributed by atoms with Crippen LogP contribution in [0.2, 0.25) is 0 Å². The summed E-state index contributed by atoms with van der Waals surface area (Å²) in [6.45, 7) is 0. The minimum Gasteiger partial charge on any atom is -0.219 e. The predicted octanol–water partition coefficient (Wildman–Crippen LogP) is 1.19. The monoisotopic (exact) mass is 92.0 g/mol. The highest BCUT2D eigenvalue weighted by atomic mass is 19.3. The average molecular weight is 91.8 g/mol. The topological polar surface area (TPSA) is 0 Å². The summed E-state index contributed by atoms with van der Waals surface area (Å²) < 4.78 is 31.8. The van der Waals surface area contributed by atoms with E-state index in [1.165, 1.54) is 0 Å². The van der Waals surface area contributed by atoms with Gasteiger partial charge in [0.15, 0.2) is 7.85 Å². The van der Waals surface area contributed by atoms with Gasteiger partial charge in [0.2, 0.25) is 0 Å². The fraction of sp³-hybridized carbons (Fsp3) is 0. The zero-order chi connectivity index (χ0) is 5.15. The van der Waals surface area contributed by atoms with Crippen LogP contribution >= 0.6 is 0 Å². The Hall–Kier alpha value is -0.405. The third-order valence-electron chi connectivity index (χ3n) is 0.181. The molecule has 0 aromatic carbocycles. The molecule has 32 valence electrons. The van der Waals surface area contributed by atoms with Crippen LogP contribution in [-0.4, -0.2) is 7.85 Å². The summed E-state index contributed by atoms with van der Waals surface area (Å²) in [6, 6.07) is 0. The summed E-state index contributed by atoms with van der Waals surface area (Å²) in [5, 5.41) is 0. The molecule has 0 aromatic rings. The standard InChI is InChI=1S/C2BF3/c3-1(4)2(5)6. The van der Waals surface area contributed by atoms with E-state index in [1.807, 2.05) is 0 Å². The van der Waals surface area contributed by atoms with Gasteiger partial charge in [-0.05, 0) is 0 Å². The van der Waals surface area contributed by atoms with Crippen LogP contribution in [0.4, 0.5) is 13.2 Å². The first-order valence-electron chi connectivity index (χ1n) is 1.11. The molecule has 4 heteroatoms. The van der Waals surface area contributed by atoms with E-state index < -0.39 is 11.8 Å². The van der Waals surface area contributed by atoms with E-state index in [2.05, 4.69) is 7.85 Å². The van der Waals surface area contributed by atoms with E-state index in [0.717, 1.165) is 0 Å². The normalized spacial score (nSPS) is 7.83. The van der Waals surface area contributed by atoms with Crippen LogP contribution in [0, 0.1) is 0 Å². The van der Waals surface area contributed by atoms with Crippen LogP contribution < -0.4 is 0 Å². The largest absolute Gasteiger partial charge is 0.290 e. The van der Waals surface area contributed by atoms with Crippen molar-refractivity contribution < 1.29 is 13.2 Å². The molecule has 0 rings (SSSR count). The molecular formula is C2BF3. The Labute approximate surface area is 34.1 Å². The smallest absolute Gasteiger partial charge is 0.219 e. The van der Waals surface area contributed by atoms with Crippen molar-refractivity contribution in [2.24, 2.45) is 0 Å². The van der Waals surface area contributed by atoms with Gasteiger partial charge in [0.25, 0.3) is 6.08 Å². The van der Waals surface area contributed by atoms with Crippen LogP contribution in [-0.2, 0) is 0 Å². The molecule has 0 fully saturated rings. The zero-order valence-corrected chi connectivity index (χ0v) is 2.71. The van der Waals surface area contributed by atoms with Crippen LogP contribution in [0.15, 0.2) is 11.8 Å². The van der Waals surface area contributed by atoms with Crippen molar-refractivity contribution >= 4 is 7.85 Å². The lowest BCUT2D eigenvalue weighted by atomic mass is 10.1. The molecule has 0 spiro atoms. The predicted molar refractivity (Wildman–Crippen MR) is 16.1 cm³/mol. The minimum atomic E-state index is -2.46. The summed E-state index contributed by atoms with van der Waals surface area (Å²) in [6.07, 6.45) is -2.46. The lowest BCUT2D eigenvalue weighted by Gasteiger charge is -1.74. The molecule has 0 saturated carbocycles. The van der Waals surface area contributed by atoms with E-state index in [4.69, 9.17) is 0 Å². The number of hydrogen-bond acceptors (Lipinski definition) is 0. The Kier molecular flexibility index (Phi) is 1.77. The first kappa shape index (κ1) is 5.59. The Morgan fingerprint density at radius 3 is 1.33 bits per heavy atom. The van der Waals surface area contributed by atoms with Gasteiger partial charge in [0.1, 0.15) is 5.73 Å². The van der Waals surface area contributed by atoms with Gasteiger partial charge >= 0.3 is 0 Å². The molecule has 2 radical (unpaired) electrons.